The van der Waals surface area contributed by atoms with Crippen LogP contribution in [0.4, 0.5) is 0 Å². The van der Waals surface area contributed by atoms with Crippen molar-refractivity contribution in [2.24, 2.45) is 45.7 Å². The first-order valence-electron chi connectivity index (χ1n) is 29.1. The number of aliphatic imine (C=N–C) groups is 1. The highest BCUT2D eigenvalue weighted by molar-refractivity contribution is 7.98. The topological polar surface area (TPSA) is 536 Å². The molecule has 10 atom stereocenters. The summed E-state index contributed by atoms with van der Waals surface area (Å²) in [4.78, 5) is 189. The number of hydrogen-bond acceptors (Lipinski definition) is 18. The van der Waals surface area contributed by atoms with E-state index in [9.17, 15) is 82.4 Å². The van der Waals surface area contributed by atoms with Crippen LogP contribution in [0, 0.1) is 17.8 Å². The van der Waals surface area contributed by atoms with E-state index in [0.717, 1.165) is 0 Å². The summed E-state index contributed by atoms with van der Waals surface area (Å²) < 4.78 is 0. The lowest BCUT2D eigenvalue weighted by Gasteiger charge is -2.28. The number of aliphatic carboxylic acids is 3. The zero-order valence-corrected chi connectivity index (χ0v) is 53.4. The first-order valence-corrected chi connectivity index (χ1v) is 31.1. The van der Waals surface area contributed by atoms with E-state index >= 15 is 0 Å². The van der Waals surface area contributed by atoms with Gasteiger partial charge in [0.2, 0.25) is 65.0 Å². The number of rotatable bonds is 44. The van der Waals surface area contributed by atoms with Gasteiger partial charge in [-0.25, -0.2) is 4.79 Å². The number of hydrogen-bond donors (Lipinski definition) is 18. The molecule has 0 saturated carbocycles. The Morgan fingerprint density at radius 1 is 0.511 bits per heavy atom. The summed E-state index contributed by atoms with van der Waals surface area (Å²) in [7, 11) is 0. The Hall–Kier alpha value is -8.27. The smallest absolute Gasteiger partial charge is 0.326 e. The molecule has 0 unspecified atom stereocenters. The fourth-order valence-corrected chi connectivity index (χ4v) is 9.32. The molecule has 0 radical (unpaired) electrons. The van der Waals surface area contributed by atoms with Gasteiger partial charge in [0, 0.05) is 25.1 Å². The lowest BCUT2D eigenvalue weighted by molar-refractivity contribution is -0.142. The second kappa shape index (κ2) is 41.9. The average molecular weight is 1310 g/mol. The summed E-state index contributed by atoms with van der Waals surface area (Å²) in [5.74, 6) is -16.5. The summed E-state index contributed by atoms with van der Waals surface area (Å²) in [5.41, 5.74) is 23.1. The van der Waals surface area contributed by atoms with Crippen LogP contribution in [0.15, 0.2) is 35.3 Å². The second-order valence-electron chi connectivity index (χ2n) is 22.5. The fraction of sp³-hybridized carbons (Fsp3) is 0.625. The van der Waals surface area contributed by atoms with Gasteiger partial charge in [0.15, 0.2) is 5.96 Å². The van der Waals surface area contributed by atoms with E-state index in [4.69, 9.17) is 22.9 Å². The zero-order chi connectivity index (χ0) is 68.4. The number of nitrogens with zero attached hydrogens (tertiary/aromatic N) is 1. The van der Waals surface area contributed by atoms with E-state index in [0.29, 0.717) is 11.3 Å². The molecule has 504 valence electrons. The van der Waals surface area contributed by atoms with Gasteiger partial charge in [0.25, 0.3) is 0 Å². The van der Waals surface area contributed by atoms with Gasteiger partial charge in [-0.3, -0.25) is 67.3 Å². The molecule has 1 aromatic rings. The average Bonchev–Trinajstić information content (AvgIpc) is 1.25. The number of nitrogens with one attached hydrogen (secondary N) is 10. The van der Waals surface area contributed by atoms with Gasteiger partial charge in [-0.1, -0.05) is 71.9 Å². The molecule has 0 saturated heterocycles. The summed E-state index contributed by atoms with van der Waals surface area (Å²) in [5, 5.41) is 53.1. The van der Waals surface area contributed by atoms with Gasteiger partial charge < -0.3 is 91.4 Å². The molecule has 34 heteroatoms. The Balaban J connectivity index is 3.45. The molecule has 0 aliphatic heterocycles. The summed E-state index contributed by atoms with van der Waals surface area (Å²) >= 11 is 5.46. The predicted octanol–water partition coefficient (Wildman–Crippen LogP) is -3.79. The Morgan fingerprint density at radius 2 is 0.944 bits per heavy atom. The number of thioether (sulfide) groups is 1. The first kappa shape index (κ1) is 79.7. The third kappa shape index (κ3) is 32.8. The standard InChI is InChI=1S/C56H91N15O17S2/c1-28(2)20-32(57)46(78)66-36(21-29(3)4)51(83)65-34(15-16-44(74)75)49(81)68-38(24-42(58)72)53(85)67-37(22-30(5)6)52(84)64-33(14-11-18-61-56(59)60)48(80)69-39(25-45(76)77)54(86)71-41(27-89)47(79)62-26-43(73)63-35(17-19-90-7)50(82)70-40(55(87)88)23-31-12-9-8-10-13-31/h8-10,12-13,28-30,32-41,89H,11,14-27,57H2,1-7H3,(H2,58,72)(H,62,79)(H,63,73)(H,64,84)(H,65,83)(H,66,78)(H,67,85)(H,68,81)(H,69,80)(H,70,82)(H,71,86)(H,74,75)(H,76,77)(H,87,88)(H4,59,60,61)/t32-,33-,34-,35-,36-,37-,38-,39-,40-,41-/m0/s1. The summed E-state index contributed by atoms with van der Waals surface area (Å²) in [6.45, 7) is 9.61. The van der Waals surface area contributed by atoms with E-state index < -0.39 is 187 Å². The van der Waals surface area contributed by atoms with Gasteiger partial charge >= 0.3 is 17.9 Å². The van der Waals surface area contributed by atoms with Crippen LogP contribution < -0.4 is 76.1 Å². The zero-order valence-electron chi connectivity index (χ0n) is 51.7. The normalized spacial score (nSPS) is 14.4. The molecule has 0 spiro atoms. The van der Waals surface area contributed by atoms with Gasteiger partial charge in [0.1, 0.15) is 54.4 Å². The largest absolute Gasteiger partial charge is 0.481 e. The maximum absolute atomic E-state index is 14.3. The molecular weight excluding hydrogens is 1220 g/mol. The Kier molecular flexibility index (Phi) is 37.1. The van der Waals surface area contributed by atoms with Crippen LogP contribution in [0.25, 0.3) is 0 Å². The predicted molar refractivity (Wildman–Crippen MR) is 334 cm³/mol. The molecule has 0 bridgehead atoms. The fourth-order valence-electron chi connectivity index (χ4n) is 8.59. The monoisotopic (exact) mass is 1310 g/mol. The highest BCUT2D eigenvalue weighted by Gasteiger charge is 2.36. The number of amides is 11. The van der Waals surface area contributed by atoms with Crippen LogP contribution >= 0.6 is 24.4 Å². The number of carbonyl (C=O) groups excluding carboxylic acids is 11. The third-order valence-corrected chi connectivity index (χ3v) is 14.1. The first-order chi connectivity index (χ1) is 42.2. The van der Waals surface area contributed by atoms with Gasteiger partial charge in [-0.2, -0.15) is 24.4 Å². The van der Waals surface area contributed by atoms with Crippen LogP contribution in [-0.4, -0.2) is 195 Å². The molecule has 0 aliphatic rings. The molecule has 90 heavy (non-hydrogen) atoms. The lowest BCUT2D eigenvalue weighted by atomic mass is 10.00. The van der Waals surface area contributed by atoms with Crippen LogP contribution in [0.2, 0.25) is 0 Å². The van der Waals surface area contributed by atoms with Gasteiger partial charge in [0.05, 0.1) is 25.4 Å². The number of thiol groups is 1. The van der Waals surface area contributed by atoms with Crippen molar-refractivity contribution in [2.45, 2.75) is 173 Å². The van der Waals surface area contributed by atoms with Crippen LogP contribution in [0.5, 0.6) is 0 Å². The van der Waals surface area contributed by atoms with E-state index in [1.165, 1.54) is 11.8 Å². The van der Waals surface area contributed by atoms with Crippen molar-refractivity contribution in [3.8, 4) is 0 Å². The van der Waals surface area contributed by atoms with Crippen LogP contribution in [0.1, 0.15) is 111 Å². The van der Waals surface area contributed by atoms with Crippen molar-refractivity contribution in [1.29, 1.82) is 0 Å². The minimum Gasteiger partial charge on any atom is -0.481 e. The molecule has 1 aromatic carbocycles. The van der Waals surface area contributed by atoms with Crippen LogP contribution in [-0.2, 0) is 73.5 Å². The molecule has 11 amide bonds. The van der Waals surface area contributed by atoms with E-state index in [1.54, 1.807) is 64.3 Å². The van der Waals surface area contributed by atoms with Crippen molar-refractivity contribution in [1.82, 2.24) is 53.2 Å². The highest BCUT2D eigenvalue weighted by atomic mass is 32.2. The van der Waals surface area contributed by atoms with Crippen molar-refractivity contribution >= 4 is 113 Å². The molecule has 0 aromatic heterocycles. The van der Waals surface area contributed by atoms with Crippen molar-refractivity contribution in [3.63, 3.8) is 0 Å². The number of benzene rings is 1. The number of carbonyl (C=O) groups is 14. The van der Waals surface area contributed by atoms with E-state index in [-0.39, 0.29) is 69.3 Å². The SMILES string of the molecule is CSCC[C@H](NC(=O)CNC(=O)[C@H](CS)NC(=O)[C@H](CC(=O)O)NC(=O)[C@H](CCCN=C(N)N)NC(=O)[C@H](CC(C)C)NC(=O)[C@H](CC(N)=O)NC(=O)[C@H](CCC(=O)O)NC(=O)[C@H](CC(C)C)NC(=O)[C@@H](N)CC(C)C)C(=O)N[C@@H](Cc1ccccc1)C(=O)O. The number of carboxylic acids is 3. The number of carboxylic acid groups (broad SMARTS) is 3. The maximum Gasteiger partial charge on any atom is 0.326 e. The minimum absolute atomic E-state index is 0.0239. The van der Waals surface area contributed by atoms with Gasteiger partial charge in [-0.15, -0.1) is 0 Å². The molecule has 32 nitrogen and oxygen atoms in total. The molecule has 0 fully saturated rings. The van der Waals surface area contributed by atoms with Gasteiger partial charge in [-0.05, 0) is 80.3 Å². The van der Waals surface area contributed by atoms with Crippen molar-refractivity contribution in [3.05, 3.63) is 35.9 Å². The van der Waals surface area contributed by atoms with Crippen molar-refractivity contribution in [2.75, 3.05) is 30.9 Å². The summed E-state index contributed by atoms with van der Waals surface area (Å²) in [6, 6.07) is -6.66. The Bertz CT molecular complexity index is 2650. The molecule has 1 rings (SSSR count). The number of nitrogens with two attached hydrogens (primary N) is 4. The third-order valence-electron chi connectivity index (χ3n) is 13.0. The maximum atomic E-state index is 14.3. The molecule has 0 heterocycles. The second-order valence-corrected chi connectivity index (χ2v) is 23.8. The molecular formula is C56H91N15O17S2. The van der Waals surface area contributed by atoms with Crippen LogP contribution in [0.3, 0.4) is 0 Å². The minimum atomic E-state index is -1.96. The number of guanidine groups is 1. The molecule has 21 N–H and O–H groups in total. The van der Waals surface area contributed by atoms with E-state index in [2.05, 4.69) is 70.8 Å². The van der Waals surface area contributed by atoms with Crippen molar-refractivity contribution < 1.29 is 82.4 Å². The molecule has 0 aliphatic carbocycles. The quantitative estimate of drug-likeness (QED) is 0.0129. The lowest BCUT2D eigenvalue weighted by Crippen LogP contribution is -2.61. The number of primary amides is 1. The van der Waals surface area contributed by atoms with E-state index in [1.807, 2.05) is 13.8 Å². The summed E-state index contributed by atoms with van der Waals surface area (Å²) in [6.07, 6.45) is -1.62. The Labute approximate surface area is 531 Å². The highest BCUT2D eigenvalue weighted by Crippen LogP contribution is 2.13. The Morgan fingerprint density at radius 3 is 1.40 bits per heavy atom.